The van der Waals surface area contributed by atoms with Crippen LogP contribution in [0.15, 0.2) is 42.5 Å². The normalized spacial score (nSPS) is 11.4. The monoisotopic (exact) mass is 430 g/mol. The van der Waals surface area contributed by atoms with E-state index in [1.807, 2.05) is 56.0 Å². The third-order valence-corrected chi connectivity index (χ3v) is 5.73. The standard InChI is InChI=1S/C24H34N2O3S/c1-19-12-13-21(30-19)17-26(16-20-10-7-6-8-11-20)22(27)18-25(14-9-15-29-5)23(28)24(2,3)4/h6-8,10-13H,9,14-18H2,1-5H3. The molecule has 0 aliphatic heterocycles. The largest absolute Gasteiger partial charge is 0.385 e. The van der Waals surface area contributed by atoms with Crippen molar-refractivity contribution in [2.24, 2.45) is 5.41 Å². The lowest BCUT2D eigenvalue weighted by Gasteiger charge is -2.31. The molecule has 164 valence electrons. The number of amides is 2. The molecule has 6 heteroatoms. The summed E-state index contributed by atoms with van der Waals surface area (Å²) < 4.78 is 5.14. The minimum absolute atomic E-state index is 0.0152. The van der Waals surface area contributed by atoms with Crippen molar-refractivity contribution in [1.29, 1.82) is 0 Å². The van der Waals surface area contributed by atoms with Crippen molar-refractivity contribution >= 4 is 23.2 Å². The summed E-state index contributed by atoms with van der Waals surface area (Å²) in [7, 11) is 1.64. The van der Waals surface area contributed by atoms with Crippen LogP contribution in [0.25, 0.3) is 0 Å². The number of nitrogens with zero attached hydrogens (tertiary/aromatic N) is 2. The highest BCUT2D eigenvalue weighted by Crippen LogP contribution is 2.21. The first-order valence-corrected chi connectivity index (χ1v) is 11.2. The van der Waals surface area contributed by atoms with E-state index in [2.05, 4.69) is 19.1 Å². The minimum atomic E-state index is -0.539. The summed E-state index contributed by atoms with van der Waals surface area (Å²) in [6.07, 6.45) is 0.703. The third kappa shape index (κ3) is 7.58. The van der Waals surface area contributed by atoms with Crippen LogP contribution in [0.5, 0.6) is 0 Å². The Balaban J connectivity index is 2.18. The molecule has 2 aromatic rings. The molecule has 2 rings (SSSR count). The van der Waals surface area contributed by atoms with E-state index in [1.165, 1.54) is 4.88 Å². The van der Waals surface area contributed by atoms with Crippen LogP contribution in [-0.4, -0.2) is 48.4 Å². The van der Waals surface area contributed by atoms with E-state index in [9.17, 15) is 9.59 Å². The lowest BCUT2D eigenvalue weighted by molar-refractivity contribution is -0.146. The first-order chi connectivity index (χ1) is 14.2. The molecule has 0 fully saturated rings. The Bertz CT molecular complexity index is 811. The quantitative estimate of drug-likeness (QED) is 0.522. The average Bonchev–Trinajstić information content (AvgIpc) is 3.11. The van der Waals surface area contributed by atoms with Crippen LogP contribution in [0.3, 0.4) is 0 Å². The summed E-state index contributed by atoms with van der Waals surface area (Å²) in [5.74, 6) is -0.0569. The second-order valence-electron chi connectivity index (χ2n) is 8.57. The number of hydrogen-bond acceptors (Lipinski definition) is 4. The van der Waals surface area contributed by atoms with Gasteiger partial charge >= 0.3 is 0 Å². The fourth-order valence-corrected chi connectivity index (χ4v) is 4.09. The molecule has 1 heterocycles. The predicted octanol–water partition coefficient (Wildman–Crippen LogP) is 4.50. The van der Waals surface area contributed by atoms with Gasteiger partial charge in [-0.15, -0.1) is 11.3 Å². The van der Waals surface area contributed by atoms with Gasteiger partial charge in [0.1, 0.15) is 0 Å². The van der Waals surface area contributed by atoms with Gasteiger partial charge in [0.2, 0.25) is 11.8 Å². The summed E-state index contributed by atoms with van der Waals surface area (Å²) in [5.41, 5.74) is 0.537. The number of benzene rings is 1. The van der Waals surface area contributed by atoms with Gasteiger partial charge in [0.25, 0.3) is 0 Å². The highest BCUT2D eigenvalue weighted by molar-refractivity contribution is 7.11. The number of carbonyl (C=O) groups excluding carboxylic acids is 2. The van der Waals surface area contributed by atoms with Gasteiger partial charge in [0.05, 0.1) is 13.1 Å². The molecule has 1 aromatic carbocycles. The van der Waals surface area contributed by atoms with E-state index >= 15 is 0 Å². The number of methoxy groups -OCH3 is 1. The van der Waals surface area contributed by atoms with Gasteiger partial charge in [-0.05, 0) is 31.0 Å². The number of ether oxygens (including phenoxy) is 1. The zero-order valence-electron chi connectivity index (χ0n) is 18.8. The predicted molar refractivity (Wildman–Crippen MR) is 122 cm³/mol. The lowest BCUT2D eigenvalue weighted by Crippen LogP contribution is -2.46. The van der Waals surface area contributed by atoms with Crippen LogP contribution in [0.1, 0.15) is 42.5 Å². The molecule has 1 aromatic heterocycles. The molecule has 0 N–H and O–H groups in total. The average molecular weight is 431 g/mol. The molecule has 0 bridgehead atoms. The zero-order valence-corrected chi connectivity index (χ0v) is 19.6. The van der Waals surface area contributed by atoms with E-state index in [1.54, 1.807) is 23.3 Å². The van der Waals surface area contributed by atoms with Gasteiger partial charge in [0, 0.05) is 42.0 Å². The van der Waals surface area contributed by atoms with E-state index in [4.69, 9.17) is 4.74 Å². The highest BCUT2D eigenvalue weighted by atomic mass is 32.1. The van der Waals surface area contributed by atoms with Crippen LogP contribution in [-0.2, 0) is 27.4 Å². The topological polar surface area (TPSA) is 49.9 Å². The molecule has 0 unspecified atom stereocenters. The number of carbonyl (C=O) groups is 2. The van der Waals surface area contributed by atoms with Crippen molar-refractivity contribution in [3.05, 3.63) is 57.8 Å². The van der Waals surface area contributed by atoms with Gasteiger partial charge in [0.15, 0.2) is 0 Å². The van der Waals surface area contributed by atoms with Crippen molar-refractivity contribution in [3.8, 4) is 0 Å². The Hall–Kier alpha value is -2.18. The molecular weight excluding hydrogens is 396 g/mol. The first-order valence-electron chi connectivity index (χ1n) is 10.4. The highest BCUT2D eigenvalue weighted by Gasteiger charge is 2.29. The molecule has 0 aliphatic rings. The number of rotatable bonds is 10. The SMILES string of the molecule is COCCCN(CC(=O)N(Cc1ccccc1)Cc1ccc(C)s1)C(=O)C(C)(C)C. The van der Waals surface area contributed by atoms with Crippen LogP contribution in [0.2, 0.25) is 0 Å². The fraction of sp³-hybridized carbons (Fsp3) is 0.500. The molecule has 0 atom stereocenters. The van der Waals surface area contributed by atoms with Crippen molar-refractivity contribution in [2.75, 3.05) is 26.8 Å². The van der Waals surface area contributed by atoms with Gasteiger partial charge in [-0.25, -0.2) is 0 Å². The van der Waals surface area contributed by atoms with Gasteiger partial charge in [-0.2, -0.15) is 0 Å². The Kier molecular flexibility index (Phi) is 9.06. The maximum atomic E-state index is 13.3. The second-order valence-corrected chi connectivity index (χ2v) is 9.94. The Morgan fingerprint density at radius 3 is 2.27 bits per heavy atom. The van der Waals surface area contributed by atoms with Gasteiger partial charge < -0.3 is 14.5 Å². The summed E-state index contributed by atoms with van der Waals surface area (Å²) >= 11 is 1.70. The number of thiophene rings is 1. The molecule has 0 aliphatic carbocycles. The smallest absolute Gasteiger partial charge is 0.242 e. The molecule has 0 radical (unpaired) electrons. The Labute approximate surface area is 184 Å². The maximum absolute atomic E-state index is 13.3. The Morgan fingerprint density at radius 1 is 1.00 bits per heavy atom. The second kappa shape index (κ2) is 11.3. The molecule has 0 spiro atoms. The first kappa shape index (κ1) is 24.1. The molecular formula is C24H34N2O3S. The third-order valence-electron chi connectivity index (χ3n) is 4.74. The van der Waals surface area contributed by atoms with Crippen LogP contribution >= 0.6 is 11.3 Å². The van der Waals surface area contributed by atoms with Crippen LogP contribution in [0.4, 0.5) is 0 Å². The number of hydrogen-bond donors (Lipinski definition) is 0. The van der Waals surface area contributed by atoms with Crippen LogP contribution < -0.4 is 0 Å². The van der Waals surface area contributed by atoms with E-state index < -0.39 is 5.41 Å². The molecule has 5 nitrogen and oxygen atoms in total. The molecule has 0 saturated heterocycles. The van der Waals surface area contributed by atoms with E-state index in [-0.39, 0.29) is 18.4 Å². The summed E-state index contributed by atoms with van der Waals surface area (Å²) in [6, 6.07) is 14.1. The van der Waals surface area contributed by atoms with Crippen molar-refractivity contribution in [2.45, 2.75) is 47.2 Å². The Morgan fingerprint density at radius 2 is 1.70 bits per heavy atom. The lowest BCUT2D eigenvalue weighted by atomic mass is 9.94. The fourth-order valence-electron chi connectivity index (χ4n) is 3.18. The molecule has 2 amide bonds. The number of aryl methyl sites for hydroxylation is 1. The van der Waals surface area contributed by atoms with Crippen molar-refractivity contribution < 1.29 is 14.3 Å². The van der Waals surface area contributed by atoms with Gasteiger partial charge in [-0.1, -0.05) is 51.1 Å². The molecule has 0 saturated carbocycles. The van der Waals surface area contributed by atoms with E-state index in [0.29, 0.717) is 32.7 Å². The zero-order chi connectivity index (χ0) is 22.1. The molecule has 30 heavy (non-hydrogen) atoms. The van der Waals surface area contributed by atoms with E-state index in [0.717, 1.165) is 10.4 Å². The summed E-state index contributed by atoms with van der Waals surface area (Å²) in [4.78, 5) is 32.2. The van der Waals surface area contributed by atoms with Crippen LogP contribution in [0, 0.1) is 12.3 Å². The van der Waals surface area contributed by atoms with Crippen molar-refractivity contribution in [1.82, 2.24) is 9.80 Å². The summed E-state index contributed by atoms with van der Waals surface area (Å²) in [5, 5.41) is 0. The summed E-state index contributed by atoms with van der Waals surface area (Å²) in [6.45, 7) is 9.94. The maximum Gasteiger partial charge on any atom is 0.242 e. The minimum Gasteiger partial charge on any atom is -0.385 e. The van der Waals surface area contributed by atoms with Crippen molar-refractivity contribution in [3.63, 3.8) is 0 Å². The van der Waals surface area contributed by atoms with Gasteiger partial charge in [-0.3, -0.25) is 9.59 Å².